The van der Waals surface area contributed by atoms with Gasteiger partial charge in [-0.15, -0.1) is 0 Å². The summed E-state index contributed by atoms with van der Waals surface area (Å²) in [6.45, 7) is 4.00. The fourth-order valence-corrected chi connectivity index (χ4v) is 2.70. The Balaban J connectivity index is 1.83. The SMILES string of the molecule is Cc1cccc(OCC(=O)N2CCCC(C(=O)NCCN)C2)c1. The molecule has 0 radical (unpaired) electrons. The first-order valence-electron chi connectivity index (χ1n) is 8.05. The largest absolute Gasteiger partial charge is 0.484 e. The molecule has 23 heavy (non-hydrogen) atoms. The van der Waals surface area contributed by atoms with Crippen LogP contribution in [0.3, 0.4) is 0 Å². The first-order valence-corrected chi connectivity index (χ1v) is 8.05. The van der Waals surface area contributed by atoms with E-state index in [4.69, 9.17) is 10.5 Å². The minimum Gasteiger partial charge on any atom is -0.484 e. The van der Waals surface area contributed by atoms with Crippen molar-refractivity contribution in [1.82, 2.24) is 10.2 Å². The highest BCUT2D eigenvalue weighted by molar-refractivity contribution is 5.82. The maximum atomic E-state index is 12.3. The molecule has 1 aliphatic rings. The number of likely N-dealkylation sites (tertiary alicyclic amines) is 1. The third-order valence-electron chi connectivity index (χ3n) is 3.94. The first kappa shape index (κ1) is 17.3. The van der Waals surface area contributed by atoms with Gasteiger partial charge in [0.25, 0.3) is 5.91 Å². The van der Waals surface area contributed by atoms with Gasteiger partial charge in [0.1, 0.15) is 5.75 Å². The number of nitrogens with one attached hydrogen (secondary N) is 1. The van der Waals surface area contributed by atoms with Crippen molar-refractivity contribution in [3.8, 4) is 5.75 Å². The molecule has 0 bridgehead atoms. The Morgan fingerprint density at radius 3 is 3.00 bits per heavy atom. The van der Waals surface area contributed by atoms with Gasteiger partial charge in [0.15, 0.2) is 6.61 Å². The second-order valence-electron chi connectivity index (χ2n) is 5.86. The molecular formula is C17H25N3O3. The van der Waals surface area contributed by atoms with Crippen LogP contribution in [0.25, 0.3) is 0 Å². The quantitative estimate of drug-likeness (QED) is 0.808. The first-order chi connectivity index (χ1) is 11.1. The number of carbonyl (C=O) groups is 2. The average molecular weight is 319 g/mol. The van der Waals surface area contributed by atoms with Crippen molar-refractivity contribution in [2.75, 3.05) is 32.8 Å². The van der Waals surface area contributed by atoms with Crippen molar-refractivity contribution in [2.24, 2.45) is 11.7 Å². The number of nitrogens with two attached hydrogens (primary N) is 1. The van der Waals surface area contributed by atoms with Gasteiger partial charge < -0.3 is 20.7 Å². The second-order valence-corrected chi connectivity index (χ2v) is 5.86. The molecule has 6 heteroatoms. The highest BCUT2D eigenvalue weighted by Crippen LogP contribution is 2.17. The van der Waals surface area contributed by atoms with Crippen molar-refractivity contribution in [2.45, 2.75) is 19.8 Å². The van der Waals surface area contributed by atoms with Crippen LogP contribution in [0.1, 0.15) is 18.4 Å². The van der Waals surface area contributed by atoms with Crippen LogP contribution in [0.2, 0.25) is 0 Å². The molecule has 0 aromatic heterocycles. The molecule has 1 saturated heterocycles. The van der Waals surface area contributed by atoms with Crippen LogP contribution in [0.15, 0.2) is 24.3 Å². The summed E-state index contributed by atoms with van der Waals surface area (Å²) in [4.78, 5) is 26.0. The monoisotopic (exact) mass is 319 g/mol. The fourth-order valence-electron chi connectivity index (χ4n) is 2.70. The van der Waals surface area contributed by atoms with Crippen molar-refractivity contribution in [3.05, 3.63) is 29.8 Å². The van der Waals surface area contributed by atoms with Crippen molar-refractivity contribution in [3.63, 3.8) is 0 Å². The Hall–Kier alpha value is -2.08. The number of carbonyl (C=O) groups excluding carboxylic acids is 2. The molecule has 1 fully saturated rings. The Morgan fingerprint density at radius 2 is 2.26 bits per heavy atom. The van der Waals surface area contributed by atoms with Crippen LogP contribution in [-0.2, 0) is 9.59 Å². The summed E-state index contributed by atoms with van der Waals surface area (Å²) in [7, 11) is 0. The third kappa shape index (κ3) is 5.25. The van der Waals surface area contributed by atoms with Crippen LogP contribution < -0.4 is 15.8 Å². The highest BCUT2D eigenvalue weighted by atomic mass is 16.5. The van der Waals surface area contributed by atoms with Gasteiger partial charge in [-0.2, -0.15) is 0 Å². The lowest BCUT2D eigenvalue weighted by Gasteiger charge is -2.32. The summed E-state index contributed by atoms with van der Waals surface area (Å²) in [5.41, 5.74) is 6.48. The molecular weight excluding hydrogens is 294 g/mol. The van der Waals surface area contributed by atoms with Crippen molar-refractivity contribution in [1.29, 1.82) is 0 Å². The lowest BCUT2D eigenvalue weighted by molar-refractivity contribution is -0.137. The maximum Gasteiger partial charge on any atom is 0.260 e. The Bertz CT molecular complexity index is 548. The predicted molar refractivity (Wildman–Crippen MR) is 88.0 cm³/mol. The molecule has 3 N–H and O–H groups in total. The van der Waals surface area contributed by atoms with E-state index in [1.807, 2.05) is 31.2 Å². The minimum atomic E-state index is -0.154. The van der Waals surface area contributed by atoms with E-state index in [2.05, 4.69) is 5.32 Å². The fraction of sp³-hybridized carbons (Fsp3) is 0.529. The van der Waals surface area contributed by atoms with Crippen LogP contribution in [0, 0.1) is 12.8 Å². The standard InChI is InChI=1S/C17H25N3O3/c1-13-4-2-6-15(10-13)23-12-16(21)20-9-3-5-14(11-20)17(22)19-8-7-18/h2,4,6,10,14H,3,5,7-9,11-12,18H2,1H3,(H,19,22). The zero-order chi connectivity index (χ0) is 16.7. The smallest absolute Gasteiger partial charge is 0.260 e. The lowest BCUT2D eigenvalue weighted by Crippen LogP contribution is -2.47. The molecule has 1 atom stereocenters. The summed E-state index contributed by atoms with van der Waals surface area (Å²) in [6.07, 6.45) is 1.63. The van der Waals surface area contributed by atoms with Gasteiger partial charge in [-0.25, -0.2) is 0 Å². The number of hydrogen-bond donors (Lipinski definition) is 2. The number of nitrogens with zero attached hydrogens (tertiary/aromatic N) is 1. The summed E-state index contributed by atoms with van der Waals surface area (Å²) in [5, 5.41) is 2.79. The van der Waals surface area contributed by atoms with E-state index in [9.17, 15) is 9.59 Å². The number of piperidine rings is 1. The highest BCUT2D eigenvalue weighted by Gasteiger charge is 2.28. The molecule has 0 aliphatic carbocycles. The lowest BCUT2D eigenvalue weighted by atomic mass is 9.97. The van der Waals surface area contributed by atoms with Gasteiger partial charge in [0, 0.05) is 26.2 Å². The van der Waals surface area contributed by atoms with E-state index >= 15 is 0 Å². The Kier molecular flexibility index (Phi) is 6.40. The van der Waals surface area contributed by atoms with Crippen molar-refractivity contribution >= 4 is 11.8 Å². The summed E-state index contributed by atoms with van der Waals surface area (Å²) < 4.78 is 5.55. The van der Waals surface area contributed by atoms with Crippen LogP contribution in [0.5, 0.6) is 5.75 Å². The molecule has 1 heterocycles. The van der Waals surface area contributed by atoms with E-state index in [0.29, 0.717) is 31.9 Å². The van der Waals surface area contributed by atoms with Crippen molar-refractivity contribution < 1.29 is 14.3 Å². The van der Waals surface area contributed by atoms with Gasteiger partial charge in [-0.05, 0) is 37.5 Å². The summed E-state index contributed by atoms with van der Waals surface area (Å²) >= 11 is 0. The zero-order valence-electron chi connectivity index (χ0n) is 13.6. The number of benzene rings is 1. The van der Waals surface area contributed by atoms with Gasteiger partial charge in [-0.3, -0.25) is 9.59 Å². The topological polar surface area (TPSA) is 84.7 Å². The average Bonchev–Trinajstić information content (AvgIpc) is 2.57. The number of rotatable bonds is 6. The van der Waals surface area contributed by atoms with Gasteiger partial charge in [0.05, 0.1) is 5.92 Å². The van der Waals surface area contributed by atoms with E-state index in [1.165, 1.54) is 0 Å². The zero-order valence-corrected chi connectivity index (χ0v) is 13.6. The molecule has 1 aliphatic heterocycles. The summed E-state index contributed by atoms with van der Waals surface area (Å²) in [5.74, 6) is 0.432. The van der Waals surface area contributed by atoms with Gasteiger partial charge >= 0.3 is 0 Å². The molecule has 1 aromatic carbocycles. The second kappa shape index (κ2) is 8.53. The number of hydrogen-bond acceptors (Lipinski definition) is 4. The minimum absolute atomic E-state index is 0.000588. The molecule has 6 nitrogen and oxygen atoms in total. The molecule has 1 aromatic rings. The normalized spacial score (nSPS) is 17.7. The Morgan fingerprint density at radius 1 is 1.43 bits per heavy atom. The molecule has 0 spiro atoms. The van der Waals surface area contributed by atoms with Crippen LogP contribution in [-0.4, -0.2) is 49.5 Å². The molecule has 126 valence electrons. The number of aryl methyl sites for hydroxylation is 1. The molecule has 2 rings (SSSR count). The third-order valence-corrected chi connectivity index (χ3v) is 3.94. The van der Waals surface area contributed by atoms with Crippen LogP contribution in [0.4, 0.5) is 0 Å². The van der Waals surface area contributed by atoms with Gasteiger partial charge in [-0.1, -0.05) is 12.1 Å². The van der Waals surface area contributed by atoms with Gasteiger partial charge in [0.2, 0.25) is 5.91 Å². The van der Waals surface area contributed by atoms with Crippen LogP contribution >= 0.6 is 0 Å². The van der Waals surface area contributed by atoms with E-state index < -0.39 is 0 Å². The Labute approximate surface area is 137 Å². The van der Waals surface area contributed by atoms with E-state index in [1.54, 1.807) is 4.90 Å². The number of ether oxygens (including phenoxy) is 1. The van der Waals surface area contributed by atoms with E-state index in [0.717, 1.165) is 18.4 Å². The summed E-state index contributed by atoms with van der Waals surface area (Å²) in [6, 6.07) is 7.60. The van der Waals surface area contributed by atoms with E-state index in [-0.39, 0.29) is 24.3 Å². The molecule has 2 amide bonds. The predicted octanol–water partition coefficient (Wildman–Crippen LogP) is 0.687. The number of amides is 2. The molecule has 0 saturated carbocycles. The maximum absolute atomic E-state index is 12.3. The molecule has 1 unspecified atom stereocenters.